The number of phenolic OH excluding ortho intramolecular Hbond substituents is 1. The van der Waals surface area contributed by atoms with Gasteiger partial charge in [0.15, 0.2) is 0 Å². The zero-order valence-electron chi connectivity index (χ0n) is 9.70. The van der Waals surface area contributed by atoms with Gasteiger partial charge in [-0.25, -0.2) is 13.6 Å². The van der Waals surface area contributed by atoms with Gasteiger partial charge in [0.05, 0.1) is 0 Å². The van der Waals surface area contributed by atoms with Crippen molar-refractivity contribution in [2.24, 2.45) is 4.99 Å². The maximum absolute atomic E-state index is 12.7. The Morgan fingerprint density at radius 1 is 1.33 bits per heavy atom. The molecule has 2 rings (SSSR count). The van der Waals surface area contributed by atoms with Crippen molar-refractivity contribution < 1.29 is 18.7 Å². The summed E-state index contributed by atoms with van der Waals surface area (Å²) in [6.45, 7) is 0. The summed E-state index contributed by atoms with van der Waals surface area (Å²) >= 11 is 0. The third-order valence-corrected chi connectivity index (χ3v) is 3.46. The Labute approximate surface area is 103 Å². The Bertz CT molecular complexity index is 490. The molecule has 3 nitrogen and oxygen atoms in total. The van der Waals surface area contributed by atoms with Gasteiger partial charge in [0.2, 0.25) is 6.08 Å². The topological polar surface area (TPSA) is 49.7 Å². The van der Waals surface area contributed by atoms with E-state index in [2.05, 4.69) is 4.99 Å². The van der Waals surface area contributed by atoms with Gasteiger partial charge >= 0.3 is 0 Å². The highest BCUT2D eigenvalue weighted by Crippen LogP contribution is 2.46. The third kappa shape index (κ3) is 2.14. The fourth-order valence-electron chi connectivity index (χ4n) is 2.55. The van der Waals surface area contributed by atoms with Crippen molar-refractivity contribution in [1.82, 2.24) is 0 Å². The minimum atomic E-state index is -2.61. The first kappa shape index (κ1) is 12.7. The van der Waals surface area contributed by atoms with E-state index in [1.54, 1.807) is 0 Å². The number of phenols is 1. The first-order chi connectivity index (χ1) is 8.59. The van der Waals surface area contributed by atoms with E-state index in [-0.39, 0.29) is 11.3 Å². The van der Waals surface area contributed by atoms with Gasteiger partial charge < -0.3 is 5.11 Å². The molecule has 0 spiro atoms. The van der Waals surface area contributed by atoms with Crippen LogP contribution in [0.2, 0.25) is 0 Å². The van der Waals surface area contributed by atoms with E-state index < -0.39 is 12.0 Å². The minimum absolute atomic E-state index is 0.0969. The summed E-state index contributed by atoms with van der Waals surface area (Å²) in [5.74, 6) is -0.0969. The number of rotatable bonds is 3. The number of benzene rings is 1. The molecule has 96 valence electrons. The van der Waals surface area contributed by atoms with Crippen LogP contribution in [-0.2, 0) is 10.3 Å². The van der Waals surface area contributed by atoms with Crippen molar-refractivity contribution in [2.45, 2.75) is 37.6 Å². The molecule has 18 heavy (non-hydrogen) atoms. The van der Waals surface area contributed by atoms with Gasteiger partial charge in [-0.05, 0) is 31.0 Å². The molecule has 1 fully saturated rings. The van der Waals surface area contributed by atoms with Crippen LogP contribution < -0.4 is 0 Å². The molecule has 0 atom stereocenters. The van der Waals surface area contributed by atoms with Crippen LogP contribution in [-0.4, -0.2) is 11.2 Å². The van der Waals surface area contributed by atoms with E-state index >= 15 is 0 Å². The summed E-state index contributed by atoms with van der Waals surface area (Å²) in [5.41, 5.74) is -0.743. The van der Waals surface area contributed by atoms with Crippen LogP contribution in [0.4, 0.5) is 8.78 Å². The summed E-state index contributed by atoms with van der Waals surface area (Å²) in [6, 6.07) is 3.65. The molecular formula is C13H13F2NO2. The molecule has 1 aromatic rings. The summed E-state index contributed by atoms with van der Waals surface area (Å²) in [4.78, 5) is 14.3. The number of nitrogens with zero attached hydrogens (tertiary/aromatic N) is 1. The second-order valence-corrected chi connectivity index (χ2v) is 4.52. The number of halogens is 2. The van der Waals surface area contributed by atoms with Crippen LogP contribution in [0.1, 0.15) is 43.2 Å². The highest BCUT2D eigenvalue weighted by atomic mass is 19.3. The summed E-state index contributed by atoms with van der Waals surface area (Å²) in [6.07, 6.45) is 1.74. The molecule has 1 N–H and O–H groups in total. The quantitative estimate of drug-likeness (QED) is 0.662. The number of carbonyl (C=O) groups excluding carboxylic acids is 1. The molecular weight excluding hydrogens is 240 g/mol. The Morgan fingerprint density at radius 2 is 2.00 bits per heavy atom. The minimum Gasteiger partial charge on any atom is -0.508 e. The number of aliphatic imine (C=N–C) groups is 1. The molecule has 0 saturated heterocycles. The van der Waals surface area contributed by atoms with Crippen molar-refractivity contribution in [3.63, 3.8) is 0 Å². The number of hydrogen-bond donors (Lipinski definition) is 1. The van der Waals surface area contributed by atoms with Gasteiger partial charge in [-0.2, -0.15) is 4.99 Å². The van der Waals surface area contributed by atoms with Crippen LogP contribution in [0.15, 0.2) is 23.2 Å². The van der Waals surface area contributed by atoms with E-state index in [0.29, 0.717) is 18.4 Å². The average molecular weight is 253 g/mol. The molecule has 0 unspecified atom stereocenters. The third-order valence-electron chi connectivity index (χ3n) is 3.46. The van der Waals surface area contributed by atoms with E-state index in [9.17, 15) is 18.7 Å². The van der Waals surface area contributed by atoms with Crippen molar-refractivity contribution in [1.29, 1.82) is 0 Å². The maximum Gasteiger partial charge on any atom is 0.263 e. The lowest BCUT2D eigenvalue weighted by atomic mass is 9.87. The molecule has 1 aliphatic carbocycles. The van der Waals surface area contributed by atoms with Crippen LogP contribution >= 0.6 is 0 Å². The fourth-order valence-corrected chi connectivity index (χ4v) is 2.55. The lowest BCUT2D eigenvalue weighted by molar-refractivity contribution is 0.151. The van der Waals surface area contributed by atoms with Gasteiger partial charge in [0.25, 0.3) is 6.43 Å². The SMILES string of the molecule is O=C=NC1(c2cc(C(F)F)ccc2O)CCCC1. The molecule has 5 heteroatoms. The lowest BCUT2D eigenvalue weighted by Gasteiger charge is -2.24. The molecule has 0 aliphatic heterocycles. The summed E-state index contributed by atoms with van der Waals surface area (Å²) in [5, 5.41) is 9.83. The van der Waals surface area contributed by atoms with Gasteiger partial charge in [0, 0.05) is 11.1 Å². The Morgan fingerprint density at radius 3 is 2.56 bits per heavy atom. The molecule has 0 heterocycles. The van der Waals surface area contributed by atoms with Crippen molar-refractivity contribution in [3.8, 4) is 5.75 Å². The number of alkyl halides is 2. The van der Waals surface area contributed by atoms with Gasteiger partial charge in [-0.15, -0.1) is 0 Å². The predicted octanol–water partition coefficient (Wildman–Crippen LogP) is 3.43. The Kier molecular flexibility index (Phi) is 3.43. The van der Waals surface area contributed by atoms with Gasteiger partial charge in [-0.1, -0.05) is 12.8 Å². The van der Waals surface area contributed by atoms with Crippen LogP contribution in [0, 0.1) is 0 Å². The zero-order valence-corrected chi connectivity index (χ0v) is 9.70. The smallest absolute Gasteiger partial charge is 0.263 e. The summed E-state index contributed by atoms with van der Waals surface area (Å²) < 4.78 is 25.4. The highest BCUT2D eigenvalue weighted by molar-refractivity contribution is 5.46. The molecule has 1 aromatic carbocycles. The normalized spacial score (nSPS) is 17.7. The van der Waals surface area contributed by atoms with E-state index in [0.717, 1.165) is 12.8 Å². The van der Waals surface area contributed by atoms with Gasteiger partial charge in [-0.3, -0.25) is 0 Å². The molecule has 0 amide bonds. The first-order valence-corrected chi connectivity index (χ1v) is 5.80. The molecule has 0 radical (unpaired) electrons. The van der Waals surface area contributed by atoms with Crippen LogP contribution in [0.25, 0.3) is 0 Å². The number of hydrogen-bond acceptors (Lipinski definition) is 3. The fraction of sp³-hybridized carbons (Fsp3) is 0.462. The second kappa shape index (κ2) is 4.86. The monoisotopic (exact) mass is 253 g/mol. The first-order valence-electron chi connectivity index (χ1n) is 5.80. The van der Waals surface area contributed by atoms with E-state index in [4.69, 9.17) is 0 Å². The number of aromatic hydroxyl groups is 1. The average Bonchev–Trinajstić information content (AvgIpc) is 2.79. The van der Waals surface area contributed by atoms with Gasteiger partial charge in [0.1, 0.15) is 11.3 Å². The summed E-state index contributed by atoms with van der Waals surface area (Å²) in [7, 11) is 0. The standard InChI is InChI=1S/C13H13F2NO2/c14-12(15)9-3-4-11(18)10(7-9)13(16-8-17)5-1-2-6-13/h3-4,7,12,18H,1-2,5-6H2. The predicted molar refractivity (Wildman–Crippen MR) is 61.3 cm³/mol. The Balaban J connectivity index is 2.53. The second-order valence-electron chi connectivity index (χ2n) is 4.52. The van der Waals surface area contributed by atoms with Crippen molar-refractivity contribution >= 4 is 6.08 Å². The Hall–Kier alpha value is -1.74. The zero-order chi connectivity index (χ0) is 13.2. The molecule has 0 bridgehead atoms. The van der Waals surface area contributed by atoms with Crippen molar-refractivity contribution in [3.05, 3.63) is 29.3 Å². The largest absolute Gasteiger partial charge is 0.508 e. The molecule has 0 aromatic heterocycles. The van der Waals surface area contributed by atoms with E-state index in [1.165, 1.54) is 24.3 Å². The maximum atomic E-state index is 12.7. The van der Waals surface area contributed by atoms with Crippen LogP contribution in [0.3, 0.4) is 0 Å². The highest BCUT2D eigenvalue weighted by Gasteiger charge is 2.38. The molecule has 1 saturated carbocycles. The lowest BCUT2D eigenvalue weighted by Crippen LogP contribution is -2.19. The van der Waals surface area contributed by atoms with Crippen molar-refractivity contribution in [2.75, 3.05) is 0 Å². The number of isocyanates is 1. The van der Waals surface area contributed by atoms with E-state index in [1.807, 2.05) is 0 Å². The van der Waals surface area contributed by atoms with Crippen LogP contribution in [0.5, 0.6) is 5.75 Å². The molecule has 1 aliphatic rings.